The number of hydrogen-bond acceptors (Lipinski definition) is 3. The number of hydrogen-bond donors (Lipinski definition) is 1. The maximum absolute atomic E-state index is 14.2. The van der Waals surface area contributed by atoms with Gasteiger partial charge in [-0.05, 0) is 34.7 Å². The predicted molar refractivity (Wildman–Crippen MR) is 154 cm³/mol. The van der Waals surface area contributed by atoms with Crippen molar-refractivity contribution in [2.24, 2.45) is 0 Å². The van der Waals surface area contributed by atoms with E-state index < -0.39 is 15.6 Å². The van der Waals surface area contributed by atoms with Gasteiger partial charge in [0, 0.05) is 26.9 Å². The summed E-state index contributed by atoms with van der Waals surface area (Å²) in [5.41, 5.74) is 3.28. The average molecular weight is 508 g/mol. The van der Waals surface area contributed by atoms with Gasteiger partial charge in [-0.15, -0.1) is 0 Å². The topological polar surface area (TPSA) is 46.2 Å². The van der Waals surface area contributed by atoms with Crippen LogP contribution >= 0.6 is 15.6 Å². The summed E-state index contributed by atoms with van der Waals surface area (Å²) >= 11 is 0. The van der Waals surface area contributed by atoms with E-state index in [4.69, 9.17) is 0 Å². The summed E-state index contributed by atoms with van der Waals surface area (Å²) in [6, 6.07) is 38.1. The molecule has 178 valence electrons. The van der Waals surface area contributed by atoms with E-state index in [0.717, 1.165) is 40.0 Å². The first-order valence-corrected chi connectivity index (χ1v) is 15.1. The van der Waals surface area contributed by atoms with Crippen LogP contribution < -0.4 is 26.5 Å². The molecule has 36 heavy (non-hydrogen) atoms. The van der Waals surface area contributed by atoms with Crippen molar-refractivity contribution in [3.8, 4) is 0 Å². The van der Waals surface area contributed by atoms with Crippen LogP contribution in [0.4, 0.5) is 5.69 Å². The highest BCUT2D eigenvalue weighted by Crippen LogP contribution is 2.39. The lowest BCUT2D eigenvalue weighted by Crippen LogP contribution is -2.31. The number of fused-ring (bicyclic) bond motifs is 2. The van der Waals surface area contributed by atoms with Gasteiger partial charge in [0.15, 0.2) is 0 Å². The summed E-state index contributed by atoms with van der Waals surface area (Å²) in [6.07, 6.45) is 1.82. The van der Waals surface area contributed by atoms with Crippen molar-refractivity contribution in [3.05, 3.63) is 126 Å². The van der Waals surface area contributed by atoms with E-state index in [1.165, 1.54) is 16.3 Å². The van der Waals surface area contributed by atoms with Gasteiger partial charge in [-0.1, -0.05) is 115 Å². The highest BCUT2D eigenvalue weighted by molar-refractivity contribution is 7.68. The van der Waals surface area contributed by atoms with Crippen LogP contribution in [0.5, 0.6) is 0 Å². The number of anilines is 1. The van der Waals surface area contributed by atoms with E-state index in [1.54, 1.807) is 0 Å². The zero-order chi connectivity index (χ0) is 24.5. The molecule has 0 fully saturated rings. The first-order chi connectivity index (χ1) is 17.7. The van der Waals surface area contributed by atoms with Crippen molar-refractivity contribution in [2.45, 2.75) is 18.9 Å². The molecule has 0 radical (unpaired) electrons. The fourth-order valence-corrected chi connectivity index (χ4v) is 8.90. The molecule has 5 heteroatoms. The quantitative estimate of drug-likeness (QED) is 0.299. The molecule has 3 nitrogen and oxygen atoms in total. The standard InChI is InChI=1S/C31H27NO2P2/c33-35(24-12-3-1-4-13-24)29-21-19-23-18-20-28(27-17-9-11-22-10-7-8-16-26(22)27)32-30(23)31(29)36(34)25-14-5-2-6-15-25/h1-17,19,21,28,32,35-36H,18,20H2. The minimum Gasteiger partial charge on any atom is -0.377 e. The van der Waals surface area contributed by atoms with Gasteiger partial charge in [0.2, 0.25) is 0 Å². The molecule has 0 bridgehead atoms. The van der Waals surface area contributed by atoms with E-state index in [1.807, 2.05) is 66.7 Å². The number of benzene rings is 5. The predicted octanol–water partition coefficient (Wildman–Crippen LogP) is 5.96. The molecule has 5 aromatic rings. The molecule has 0 aliphatic carbocycles. The van der Waals surface area contributed by atoms with Gasteiger partial charge in [-0.3, -0.25) is 0 Å². The van der Waals surface area contributed by atoms with Gasteiger partial charge in [-0.2, -0.15) is 0 Å². The summed E-state index contributed by atoms with van der Waals surface area (Å²) in [4.78, 5) is 0. The monoisotopic (exact) mass is 507 g/mol. The molecular weight excluding hydrogens is 480 g/mol. The first kappa shape index (κ1) is 23.0. The van der Waals surface area contributed by atoms with Gasteiger partial charge in [0.05, 0.1) is 6.04 Å². The van der Waals surface area contributed by atoms with E-state index in [0.29, 0.717) is 5.30 Å². The summed E-state index contributed by atoms with van der Waals surface area (Å²) < 4.78 is 28.0. The largest absolute Gasteiger partial charge is 0.377 e. The number of aryl methyl sites for hydroxylation is 1. The molecule has 5 aromatic carbocycles. The first-order valence-electron chi connectivity index (χ1n) is 12.3. The summed E-state index contributed by atoms with van der Waals surface area (Å²) in [5, 5.41) is 9.21. The molecule has 1 aliphatic heterocycles. The Morgan fingerprint density at radius 1 is 0.639 bits per heavy atom. The highest BCUT2D eigenvalue weighted by atomic mass is 31.1. The molecule has 0 saturated heterocycles. The zero-order valence-electron chi connectivity index (χ0n) is 19.8. The second-order valence-corrected chi connectivity index (χ2v) is 12.7. The van der Waals surface area contributed by atoms with Crippen molar-refractivity contribution in [2.75, 3.05) is 5.32 Å². The molecule has 0 aromatic heterocycles. The van der Waals surface area contributed by atoms with Crippen LogP contribution in [0.3, 0.4) is 0 Å². The van der Waals surface area contributed by atoms with Crippen molar-refractivity contribution < 1.29 is 9.13 Å². The van der Waals surface area contributed by atoms with E-state index in [2.05, 4.69) is 53.8 Å². The Labute approximate surface area is 212 Å². The lowest BCUT2D eigenvalue weighted by atomic mass is 9.90. The molecule has 6 rings (SSSR count). The number of nitrogens with one attached hydrogen (secondary N) is 1. The van der Waals surface area contributed by atoms with Crippen LogP contribution in [0, 0.1) is 0 Å². The third kappa shape index (κ3) is 4.24. The van der Waals surface area contributed by atoms with Crippen LogP contribution in [0.2, 0.25) is 0 Å². The third-order valence-corrected chi connectivity index (χ3v) is 10.9. The molecule has 0 spiro atoms. The maximum atomic E-state index is 14.2. The zero-order valence-corrected chi connectivity index (χ0v) is 21.8. The molecule has 1 N–H and O–H groups in total. The van der Waals surface area contributed by atoms with Crippen molar-refractivity contribution in [1.82, 2.24) is 0 Å². The fraction of sp³-hybridized carbons (Fsp3) is 0.0968. The Morgan fingerprint density at radius 3 is 2.03 bits per heavy atom. The minimum atomic E-state index is -2.40. The third-order valence-electron chi connectivity index (χ3n) is 7.05. The molecule has 3 unspecified atom stereocenters. The van der Waals surface area contributed by atoms with Crippen molar-refractivity contribution in [1.29, 1.82) is 0 Å². The number of rotatable bonds is 5. The van der Waals surface area contributed by atoms with Gasteiger partial charge < -0.3 is 14.4 Å². The second-order valence-electron chi connectivity index (χ2n) is 9.22. The van der Waals surface area contributed by atoms with Crippen molar-refractivity contribution in [3.63, 3.8) is 0 Å². The highest BCUT2D eigenvalue weighted by Gasteiger charge is 2.28. The smallest absolute Gasteiger partial charge is 0.134 e. The molecule has 1 heterocycles. The Kier molecular flexibility index (Phi) is 6.36. The van der Waals surface area contributed by atoms with Crippen LogP contribution in [-0.2, 0) is 15.6 Å². The SMILES string of the molecule is O=[PH](c1ccccc1)c1ccc2c(c1[PH](=O)c1ccccc1)NC(c1cccc3ccccc13)CC2. The van der Waals surface area contributed by atoms with Crippen LogP contribution in [-0.4, -0.2) is 0 Å². The Bertz CT molecular complexity index is 1590. The van der Waals surface area contributed by atoms with Crippen molar-refractivity contribution >= 4 is 53.3 Å². The Hall–Kier alpha value is -3.38. The van der Waals surface area contributed by atoms with Crippen LogP contribution in [0.1, 0.15) is 23.6 Å². The molecule has 1 aliphatic rings. The summed E-state index contributed by atoms with van der Waals surface area (Å²) in [5.74, 6) is 0. The Morgan fingerprint density at radius 2 is 1.28 bits per heavy atom. The van der Waals surface area contributed by atoms with Gasteiger partial charge in [0.25, 0.3) is 0 Å². The van der Waals surface area contributed by atoms with Gasteiger partial charge in [0.1, 0.15) is 15.6 Å². The van der Waals surface area contributed by atoms with Crippen LogP contribution in [0.15, 0.2) is 115 Å². The summed E-state index contributed by atoms with van der Waals surface area (Å²) in [6.45, 7) is 0. The molecule has 0 amide bonds. The van der Waals surface area contributed by atoms with E-state index in [9.17, 15) is 9.13 Å². The summed E-state index contributed by atoms with van der Waals surface area (Å²) in [7, 11) is -4.74. The lowest BCUT2D eigenvalue weighted by Gasteiger charge is -2.31. The van der Waals surface area contributed by atoms with E-state index in [-0.39, 0.29) is 6.04 Å². The Balaban J connectivity index is 1.51. The molecule has 3 atom stereocenters. The molecule has 0 saturated carbocycles. The van der Waals surface area contributed by atoms with E-state index >= 15 is 0 Å². The van der Waals surface area contributed by atoms with Gasteiger partial charge in [-0.25, -0.2) is 0 Å². The van der Waals surface area contributed by atoms with Crippen LogP contribution in [0.25, 0.3) is 10.8 Å². The lowest BCUT2D eigenvalue weighted by molar-refractivity contribution is 0.596. The van der Waals surface area contributed by atoms with Gasteiger partial charge >= 0.3 is 0 Å². The minimum absolute atomic E-state index is 0.0854. The average Bonchev–Trinajstić information content (AvgIpc) is 2.96. The molecular formula is C31H27NO2P2. The fourth-order valence-electron chi connectivity index (χ4n) is 5.26. The maximum Gasteiger partial charge on any atom is 0.134 e. The second kappa shape index (κ2) is 9.94. The normalized spacial score (nSPS) is 16.6.